The van der Waals surface area contributed by atoms with E-state index in [2.05, 4.69) is 17.6 Å². The van der Waals surface area contributed by atoms with Gasteiger partial charge in [-0.3, -0.25) is 4.79 Å². The highest BCUT2D eigenvalue weighted by molar-refractivity contribution is 5.85. The Balaban J connectivity index is 0.00000144. The van der Waals surface area contributed by atoms with Gasteiger partial charge in [0.1, 0.15) is 0 Å². The Hall–Kier alpha value is -0.280. The normalized spacial score (nSPS) is 30.4. The van der Waals surface area contributed by atoms with Crippen LogP contribution in [0.1, 0.15) is 51.9 Å². The van der Waals surface area contributed by atoms with E-state index in [-0.39, 0.29) is 12.4 Å². The molecule has 2 atom stereocenters. The largest absolute Gasteiger partial charge is 0.353 e. The minimum absolute atomic E-state index is 0. The maximum atomic E-state index is 12.0. The van der Waals surface area contributed by atoms with Gasteiger partial charge in [0.15, 0.2) is 0 Å². The standard InChI is InChI=1S/C13H24N2O.ClH/c1-10-9-12(7-8-14-10)15-13(16)11-5-3-2-4-6-11;/h10-12,14H,2-9H2,1H3,(H,15,16);1H. The molecule has 1 heterocycles. The third-order valence-electron chi connectivity index (χ3n) is 3.95. The predicted molar refractivity (Wildman–Crippen MR) is 72.5 cm³/mol. The molecule has 0 spiro atoms. The molecular formula is C13H25ClN2O. The van der Waals surface area contributed by atoms with Crippen LogP contribution in [0, 0.1) is 5.92 Å². The second kappa shape index (κ2) is 7.22. The van der Waals surface area contributed by atoms with Crippen molar-refractivity contribution in [1.29, 1.82) is 0 Å². The molecule has 3 nitrogen and oxygen atoms in total. The zero-order valence-electron chi connectivity index (χ0n) is 10.7. The van der Waals surface area contributed by atoms with Gasteiger partial charge >= 0.3 is 0 Å². The summed E-state index contributed by atoms with van der Waals surface area (Å²) in [5.41, 5.74) is 0. The van der Waals surface area contributed by atoms with Gasteiger partial charge in [0.2, 0.25) is 5.91 Å². The van der Waals surface area contributed by atoms with E-state index in [0.29, 0.717) is 23.9 Å². The van der Waals surface area contributed by atoms with E-state index in [4.69, 9.17) is 0 Å². The number of halogens is 1. The molecule has 1 saturated heterocycles. The lowest BCUT2D eigenvalue weighted by Crippen LogP contribution is -2.48. The van der Waals surface area contributed by atoms with Crippen molar-refractivity contribution < 1.29 is 4.79 Å². The summed E-state index contributed by atoms with van der Waals surface area (Å²) < 4.78 is 0. The van der Waals surface area contributed by atoms with Gasteiger partial charge in [-0.25, -0.2) is 0 Å². The summed E-state index contributed by atoms with van der Waals surface area (Å²) in [7, 11) is 0. The summed E-state index contributed by atoms with van der Waals surface area (Å²) in [4.78, 5) is 12.0. The average molecular weight is 261 g/mol. The van der Waals surface area contributed by atoms with Gasteiger partial charge in [-0.2, -0.15) is 0 Å². The van der Waals surface area contributed by atoms with Gasteiger partial charge < -0.3 is 10.6 Å². The van der Waals surface area contributed by atoms with Gasteiger partial charge in [0.25, 0.3) is 0 Å². The van der Waals surface area contributed by atoms with Crippen LogP contribution in [0.15, 0.2) is 0 Å². The summed E-state index contributed by atoms with van der Waals surface area (Å²) in [6, 6.07) is 0.955. The zero-order valence-corrected chi connectivity index (χ0v) is 11.5. The van der Waals surface area contributed by atoms with Crippen molar-refractivity contribution in [2.45, 2.75) is 64.0 Å². The molecule has 2 fully saturated rings. The Morgan fingerprint density at radius 1 is 1.18 bits per heavy atom. The van der Waals surface area contributed by atoms with E-state index in [1.807, 2.05) is 0 Å². The highest BCUT2D eigenvalue weighted by Crippen LogP contribution is 2.24. The van der Waals surface area contributed by atoms with Crippen LogP contribution >= 0.6 is 12.4 Å². The summed E-state index contributed by atoms with van der Waals surface area (Å²) in [6.45, 7) is 3.23. The molecule has 0 bridgehead atoms. The molecule has 100 valence electrons. The molecule has 2 N–H and O–H groups in total. The SMILES string of the molecule is CC1CC(NC(=O)C2CCCCC2)CCN1.Cl. The molecule has 2 aliphatic rings. The smallest absolute Gasteiger partial charge is 0.223 e. The highest BCUT2D eigenvalue weighted by atomic mass is 35.5. The molecular weight excluding hydrogens is 236 g/mol. The van der Waals surface area contributed by atoms with Crippen LogP contribution in [0.5, 0.6) is 0 Å². The Labute approximate surface area is 111 Å². The molecule has 1 aliphatic heterocycles. The molecule has 1 saturated carbocycles. The molecule has 1 aliphatic carbocycles. The van der Waals surface area contributed by atoms with E-state index in [0.717, 1.165) is 32.2 Å². The van der Waals surface area contributed by atoms with Crippen molar-refractivity contribution in [3.05, 3.63) is 0 Å². The van der Waals surface area contributed by atoms with Crippen molar-refractivity contribution in [1.82, 2.24) is 10.6 Å². The Morgan fingerprint density at radius 2 is 1.88 bits per heavy atom. The number of hydrogen-bond acceptors (Lipinski definition) is 2. The molecule has 2 unspecified atom stereocenters. The molecule has 2 rings (SSSR count). The van der Waals surface area contributed by atoms with E-state index in [9.17, 15) is 4.79 Å². The predicted octanol–water partition coefficient (Wildman–Crippen LogP) is 2.25. The summed E-state index contributed by atoms with van der Waals surface area (Å²) in [6.07, 6.45) is 8.16. The first-order valence-electron chi connectivity index (χ1n) is 6.79. The Bertz CT molecular complexity index is 242. The Kier molecular flexibility index (Phi) is 6.28. The summed E-state index contributed by atoms with van der Waals surface area (Å²) >= 11 is 0. The van der Waals surface area contributed by atoms with Crippen molar-refractivity contribution in [2.24, 2.45) is 5.92 Å². The van der Waals surface area contributed by atoms with E-state index >= 15 is 0 Å². The van der Waals surface area contributed by atoms with Gasteiger partial charge in [0.05, 0.1) is 0 Å². The topological polar surface area (TPSA) is 41.1 Å². The first kappa shape index (κ1) is 14.8. The maximum Gasteiger partial charge on any atom is 0.223 e. The number of rotatable bonds is 2. The van der Waals surface area contributed by atoms with Crippen molar-refractivity contribution in [2.75, 3.05) is 6.54 Å². The van der Waals surface area contributed by atoms with Gasteiger partial charge in [0, 0.05) is 18.0 Å². The molecule has 17 heavy (non-hydrogen) atoms. The lowest BCUT2D eigenvalue weighted by molar-refractivity contribution is -0.126. The average Bonchev–Trinajstić information content (AvgIpc) is 2.30. The molecule has 4 heteroatoms. The first-order chi connectivity index (χ1) is 7.75. The van der Waals surface area contributed by atoms with Crippen LogP contribution in [-0.4, -0.2) is 24.5 Å². The van der Waals surface area contributed by atoms with Crippen LogP contribution in [0.4, 0.5) is 0 Å². The lowest BCUT2D eigenvalue weighted by atomic mass is 9.88. The number of hydrogen-bond donors (Lipinski definition) is 2. The van der Waals surface area contributed by atoms with Gasteiger partial charge in [-0.15, -0.1) is 12.4 Å². The summed E-state index contributed by atoms with van der Waals surface area (Å²) in [5, 5.41) is 6.65. The van der Waals surface area contributed by atoms with E-state index < -0.39 is 0 Å². The monoisotopic (exact) mass is 260 g/mol. The van der Waals surface area contributed by atoms with Crippen LogP contribution < -0.4 is 10.6 Å². The quantitative estimate of drug-likeness (QED) is 0.800. The number of carbonyl (C=O) groups is 1. The minimum atomic E-state index is 0. The second-order valence-corrected chi connectivity index (χ2v) is 5.42. The number of piperidine rings is 1. The second-order valence-electron chi connectivity index (χ2n) is 5.42. The van der Waals surface area contributed by atoms with Crippen LogP contribution in [0.2, 0.25) is 0 Å². The van der Waals surface area contributed by atoms with E-state index in [1.165, 1.54) is 19.3 Å². The van der Waals surface area contributed by atoms with Gasteiger partial charge in [-0.1, -0.05) is 19.3 Å². The third-order valence-corrected chi connectivity index (χ3v) is 3.95. The molecule has 0 radical (unpaired) electrons. The number of amides is 1. The molecule has 0 aromatic heterocycles. The third kappa shape index (κ3) is 4.47. The molecule has 0 aromatic carbocycles. The molecule has 1 amide bonds. The fourth-order valence-electron chi connectivity index (χ4n) is 2.95. The Morgan fingerprint density at radius 3 is 2.53 bits per heavy atom. The van der Waals surface area contributed by atoms with Crippen LogP contribution in [0.3, 0.4) is 0 Å². The minimum Gasteiger partial charge on any atom is -0.353 e. The summed E-state index contributed by atoms with van der Waals surface area (Å²) in [5.74, 6) is 0.623. The number of nitrogens with one attached hydrogen (secondary N) is 2. The van der Waals surface area contributed by atoms with Crippen molar-refractivity contribution in [3.8, 4) is 0 Å². The van der Waals surface area contributed by atoms with Crippen LogP contribution in [0.25, 0.3) is 0 Å². The zero-order chi connectivity index (χ0) is 11.4. The van der Waals surface area contributed by atoms with Crippen molar-refractivity contribution in [3.63, 3.8) is 0 Å². The lowest BCUT2D eigenvalue weighted by Gasteiger charge is -2.30. The number of carbonyl (C=O) groups excluding carboxylic acids is 1. The van der Waals surface area contributed by atoms with E-state index in [1.54, 1.807) is 0 Å². The van der Waals surface area contributed by atoms with Crippen LogP contribution in [-0.2, 0) is 4.79 Å². The van der Waals surface area contributed by atoms with Crippen molar-refractivity contribution >= 4 is 18.3 Å². The fraction of sp³-hybridized carbons (Fsp3) is 0.923. The maximum absolute atomic E-state index is 12.0. The van der Waals surface area contributed by atoms with Gasteiger partial charge in [-0.05, 0) is 39.2 Å². The fourth-order valence-corrected chi connectivity index (χ4v) is 2.95. The molecule has 0 aromatic rings. The highest BCUT2D eigenvalue weighted by Gasteiger charge is 2.25. The first-order valence-corrected chi connectivity index (χ1v) is 6.79.